The highest BCUT2D eigenvalue weighted by Crippen LogP contribution is 2.04. The van der Waals surface area contributed by atoms with Gasteiger partial charge in [0.25, 0.3) is 0 Å². The molecule has 0 saturated heterocycles. The average Bonchev–Trinajstić information content (AvgIpc) is 2.21. The predicted molar refractivity (Wildman–Crippen MR) is 66.9 cm³/mol. The molecule has 0 spiro atoms. The van der Waals surface area contributed by atoms with Crippen LogP contribution in [0.2, 0.25) is 0 Å². The van der Waals surface area contributed by atoms with E-state index in [1.807, 2.05) is 25.2 Å². The van der Waals surface area contributed by atoms with E-state index < -0.39 is 0 Å². The first kappa shape index (κ1) is 13.5. The van der Waals surface area contributed by atoms with Gasteiger partial charge in [0.15, 0.2) is 0 Å². The second-order valence-corrected chi connectivity index (χ2v) is 3.61. The van der Waals surface area contributed by atoms with Gasteiger partial charge in [-0.05, 0) is 26.2 Å². The van der Waals surface area contributed by atoms with Crippen molar-refractivity contribution in [3.05, 3.63) is 36.5 Å². The van der Waals surface area contributed by atoms with Gasteiger partial charge < -0.3 is 0 Å². The highest BCUT2D eigenvalue weighted by atomic mass is 35.5. The highest BCUT2D eigenvalue weighted by molar-refractivity contribution is 6.17. The van der Waals surface area contributed by atoms with Crippen LogP contribution in [-0.4, -0.2) is 5.88 Å². The monoisotopic (exact) mass is 212 g/mol. The Balaban J connectivity index is 3.18. The minimum Gasteiger partial charge on any atom is -0.127 e. The number of halogens is 1. The molecule has 0 radical (unpaired) electrons. The predicted octanol–water partition coefficient (Wildman–Crippen LogP) is 4.86. The van der Waals surface area contributed by atoms with Crippen molar-refractivity contribution >= 4 is 11.6 Å². The van der Waals surface area contributed by atoms with E-state index in [1.165, 1.54) is 25.7 Å². The van der Waals surface area contributed by atoms with Crippen LogP contribution in [0.5, 0.6) is 0 Å². The van der Waals surface area contributed by atoms with Gasteiger partial charge in [0.1, 0.15) is 0 Å². The molecule has 0 aliphatic carbocycles. The maximum Gasteiger partial charge on any atom is 0.0223 e. The van der Waals surface area contributed by atoms with Crippen molar-refractivity contribution in [2.24, 2.45) is 0 Å². The van der Waals surface area contributed by atoms with Gasteiger partial charge in [-0.15, -0.1) is 11.6 Å². The summed E-state index contributed by atoms with van der Waals surface area (Å²) in [7, 11) is 0. The largest absolute Gasteiger partial charge is 0.127 e. The molecule has 80 valence electrons. The number of allylic oxidation sites excluding steroid dienone is 6. The molecule has 1 heteroatoms. The molecule has 0 atom stereocenters. The highest BCUT2D eigenvalue weighted by Gasteiger charge is 1.86. The van der Waals surface area contributed by atoms with Crippen LogP contribution in [0, 0.1) is 0 Å². The van der Waals surface area contributed by atoms with Crippen molar-refractivity contribution in [3.63, 3.8) is 0 Å². The van der Waals surface area contributed by atoms with E-state index in [-0.39, 0.29) is 0 Å². The Bertz CT molecular complexity index is 178. The molecular formula is C13H21Cl. The van der Waals surface area contributed by atoms with Gasteiger partial charge in [0, 0.05) is 5.88 Å². The number of hydrogen-bond acceptors (Lipinski definition) is 0. The summed E-state index contributed by atoms with van der Waals surface area (Å²) in [5.74, 6) is 0.807. The summed E-state index contributed by atoms with van der Waals surface area (Å²) in [6.45, 7) is 2.02. The minimum atomic E-state index is 0.807. The van der Waals surface area contributed by atoms with E-state index in [0.29, 0.717) is 0 Å². The maximum absolute atomic E-state index is 5.58. The molecule has 0 aromatic carbocycles. The van der Waals surface area contributed by atoms with E-state index >= 15 is 0 Å². The molecule has 0 unspecified atom stereocenters. The lowest BCUT2D eigenvalue weighted by Crippen LogP contribution is -1.77. The molecule has 0 amide bonds. The molecule has 0 saturated carbocycles. The fourth-order valence-corrected chi connectivity index (χ4v) is 1.31. The molecule has 0 fully saturated rings. The van der Waals surface area contributed by atoms with Crippen LogP contribution in [0.4, 0.5) is 0 Å². The second kappa shape index (κ2) is 12.5. The Morgan fingerprint density at radius 3 is 2.29 bits per heavy atom. The average molecular weight is 213 g/mol. The molecule has 0 aromatic heterocycles. The molecule has 14 heavy (non-hydrogen) atoms. The van der Waals surface area contributed by atoms with Gasteiger partial charge in [-0.3, -0.25) is 0 Å². The van der Waals surface area contributed by atoms with Crippen molar-refractivity contribution in [2.45, 2.75) is 39.0 Å². The zero-order valence-corrected chi connectivity index (χ0v) is 9.84. The SMILES string of the molecule is C/C=C/C=CC=CCCCCCCCl. The van der Waals surface area contributed by atoms with E-state index in [1.54, 1.807) is 0 Å². The quantitative estimate of drug-likeness (QED) is 0.306. The fourth-order valence-electron chi connectivity index (χ4n) is 1.12. The first-order chi connectivity index (χ1) is 6.91. The van der Waals surface area contributed by atoms with E-state index in [0.717, 1.165) is 12.3 Å². The van der Waals surface area contributed by atoms with Crippen molar-refractivity contribution in [3.8, 4) is 0 Å². The summed E-state index contributed by atoms with van der Waals surface area (Å²) in [6.07, 6.45) is 18.7. The first-order valence-electron chi connectivity index (χ1n) is 5.42. The van der Waals surface area contributed by atoms with Crippen LogP contribution in [0.3, 0.4) is 0 Å². The summed E-state index contributed by atoms with van der Waals surface area (Å²) in [5, 5.41) is 0. The van der Waals surface area contributed by atoms with E-state index in [2.05, 4.69) is 18.2 Å². The second-order valence-electron chi connectivity index (χ2n) is 3.23. The Kier molecular flexibility index (Phi) is 12.1. The summed E-state index contributed by atoms with van der Waals surface area (Å²) < 4.78 is 0. The lowest BCUT2D eigenvalue weighted by atomic mass is 10.1. The fraction of sp³-hybridized carbons (Fsp3) is 0.538. The van der Waals surface area contributed by atoms with Gasteiger partial charge in [0.05, 0.1) is 0 Å². The van der Waals surface area contributed by atoms with Crippen LogP contribution >= 0.6 is 11.6 Å². The van der Waals surface area contributed by atoms with Crippen LogP contribution in [0.25, 0.3) is 0 Å². The van der Waals surface area contributed by atoms with Crippen molar-refractivity contribution in [2.75, 3.05) is 5.88 Å². The molecule has 0 bridgehead atoms. The van der Waals surface area contributed by atoms with Gasteiger partial charge in [-0.25, -0.2) is 0 Å². The third-order valence-electron chi connectivity index (χ3n) is 1.92. The van der Waals surface area contributed by atoms with Gasteiger partial charge in [0.2, 0.25) is 0 Å². The van der Waals surface area contributed by atoms with E-state index in [4.69, 9.17) is 11.6 Å². The molecule has 0 aliphatic heterocycles. The normalized spacial score (nSPS) is 12.4. The molecule has 0 N–H and O–H groups in total. The first-order valence-corrected chi connectivity index (χ1v) is 5.95. The molecular weight excluding hydrogens is 192 g/mol. The summed E-state index contributed by atoms with van der Waals surface area (Å²) in [6, 6.07) is 0. The van der Waals surface area contributed by atoms with Crippen LogP contribution in [-0.2, 0) is 0 Å². The summed E-state index contributed by atoms with van der Waals surface area (Å²) in [4.78, 5) is 0. The van der Waals surface area contributed by atoms with Crippen molar-refractivity contribution in [1.82, 2.24) is 0 Å². The molecule has 0 aliphatic rings. The van der Waals surface area contributed by atoms with Crippen molar-refractivity contribution < 1.29 is 0 Å². The lowest BCUT2D eigenvalue weighted by Gasteiger charge is -1.94. The Morgan fingerprint density at radius 1 is 0.857 bits per heavy atom. The van der Waals surface area contributed by atoms with Crippen molar-refractivity contribution in [1.29, 1.82) is 0 Å². The number of alkyl halides is 1. The standard InChI is InChI=1S/C13H21Cl/c1-2-3-4-5-6-7-8-9-10-11-12-13-14/h2-7H,8-13H2,1H3/b3-2+,5-4?,7-6?. The Hall–Kier alpha value is -0.490. The number of rotatable bonds is 8. The third kappa shape index (κ3) is 11.5. The molecule has 0 aromatic rings. The topological polar surface area (TPSA) is 0 Å². The maximum atomic E-state index is 5.58. The van der Waals surface area contributed by atoms with E-state index in [9.17, 15) is 0 Å². The van der Waals surface area contributed by atoms with Gasteiger partial charge in [-0.2, -0.15) is 0 Å². The molecule has 0 heterocycles. The zero-order valence-electron chi connectivity index (χ0n) is 9.08. The smallest absolute Gasteiger partial charge is 0.0223 e. The number of unbranched alkanes of at least 4 members (excludes halogenated alkanes) is 4. The van der Waals surface area contributed by atoms with Gasteiger partial charge in [-0.1, -0.05) is 49.3 Å². The number of hydrogen-bond donors (Lipinski definition) is 0. The summed E-state index contributed by atoms with van der Waals surface area (Å²) >= 11 is 5.58. The van der Waals surface area contributed by atoms with Crippen LogP contribution in [0.15, 0.2) is 36.5 Å². The zero-order chi connectivity index (χ0) is 10.5. The lowest BCUT2D eigenvalue weighted by molar-refractivity contribution is 0.677. The minimum absolute atomic E-state index is 0.807. The Morgan fingerprint density at radius 2 is 1.57 bits per heavy atom. The van der Waals surface area contributed by atoms with Crippen LogP contribution < -0.4 is 0 Å². The Labute approximate surface area is 93.4 Å². The van der Waals surface area contributed by atoms with Gasteiger partial charge >= 0.3 is 0 Å². The summed E-state index contributed by atoms with van der Waals surface area (Å²) in [5.41, 5.74) is 0. The third-order valence-corrected chi connectivity index (χ3v) is 2.18. The molecule has 0 nitrogen and oxygen atoms in total. The molecule has 0 rings (SSSR count). The van der Waals surface area contributed by atoms with Crippen LogP contribution in [0.1, 0.15) is 39.0 Å².